The monoisotopic (exact) mass is 268 g/mol. The normalized spacial score (nSPS) is 16.1. The Balaban J connectivity index is 1.93. The molecule has 98 valence electrons. The number of nitrogens with zero attached hydrogens (tertiary/aromatic N) is 1. The summed E-state index contributed by atoms with van der Waals surface area (Å²) < 4.78 is 0. The van der Waals surface area contributed by atoms with Gasteiger partial charge in [-0.05, 0) is 37.4 Å². The molecule has 0 aromatic heterocycles. The fourth-order valence-electron chi connectivity index (χ4n) is 2.48. The van der Waals surface area contributed by atoms with E-state index >= 15 is 0 Å². The molecule has 0 radical (unpaired) electrons. The van der Waals surface area contributed by atoms with Crippen LogP contribution in [0, 0.1) is 16.0 Å². The Morgan fingerprint density at radius 1 is 1.39 bits per heavy atom. The van der Waals surface area contributed by atoms with Gasteiger partial charge in [-0.1, -0.05) is 24.4 Å². The van der Waals surface area contributed by atoms with Crippen LogP contribution in [0.1, 0.15) is 31.2 Å². The first-order valence-corrected chi connectivity index (χ1v) is 6.68. The number of hydrogen-bond acceptors (Lipinski definition) is 3. The van der Waals surface area contributed by atoms with Gasteiger partial charge in [0.05, 0.1) is 4.92 Å². The highest BCUT2D eigenvalue weighted by atomic mass is 35.5. The number of halogens is 1. The maximum Gasteiger partial charge on any atom is 0.275 e. The van der Waals surface area contributed by atoms with E-state index in [-0.39, 0.29) is 10.6 Å². The van der Waals surface area contributed by atoms with E-state index in [1.165, 1.54) is 31.7 Å². The van der Waals surface area contributed by atoms with Crippen LogP contribution in [0.5, 0.6) is 0 Å². The summed E-state index contributed by atoms with van der Waals surface area (Å²) in [5.74, 6) is 0.733. The van der Waals surface area contributed by atoms with Crippen LogP contribution < -0.4 is 5.32 Å². The highest BCUT2D eigenvalue weighted by Crippen LogP contribution is 2.25. The summed E-state index contributed by atoms with van der Waals surface area (Å²) in [4.78, 5) is 10.5. The lowest BCUT2D eigenvalue weighted by atomic mass is 10.1. The summed E-state index contributed by atoms with van der Waals surface area (Å²) >= 11 is 5.77. The molecule has 0 amide bonds. The lowest BCUT2D eigenvalue weighted by Crippen LogP contribution is -2.21. The maximum absolute atomic E-state index is 10.9. The van der Waals surface area contributed by atoms with E-state index in [9.17, 15) is 10.1 Å². The van der Waals surface area contributed by atoms with E-state index in [0.717, 1.165) is 12.5 Å². The Morgan fingerprint density at radius 3 is 2.78 bits per heavy atom. The van der Waals surface area contributed by atoms with Crippen LogP contribution in [-0.4, -0.2) is 11.5 Å². The third-order valence-electron chi connectivity index (χ3n) is 3.47. The van der Waals surface area contributed by atoms with E-state index < -0.39 is 0 Å². The van der Waals surface area contributed by atoms with Crippen molar-refractivity contribution in [3.05, 3.63) is 38.9 Å². The molecule has 2 rings (SSSR count). The van der Waals surface area contributed by atoms with Crippen LogP contribution in [0.4, 0.5) is 5.69 Å². The quantitative estimate of drug-likeness (QED) is 0.656. The highest BCUT2D eigenvalue weighted by Gasteiger charge is 2.16. The summed E-state index contributed by atoms with van der Waals surface area (Å²) in [6, 6.07) is 4.83. The van der Waals surface area contributed by atoms with Gasteiger partial charge in [-0.25, -0.2) is 0 Å². The molecule has 4 nitrogen and oxygen atoms in total. The van der Waals surface area contributed by atoms with Gasteiger partial charge in [-0.2, -0.15) is 0 Å². The zero-order chi connectivity index (χ0) is 13.0. The molecule has 0 unspecified atom stereocenters. The fourth-order valence-corrected chi connectivity index (χ4v) is 2.65. The number of nitro groups is 1. The second-order valence-corrected chi connectivity index (χ2v) is 5.25. The van der Waals surface area contributed by atoms with Gasteiger partial charge < -0.3 is 5.32 Å². The lowest BCUT2D eigenvalue weighted by molar-refractivity contribution is -0.385. The Bertz CT molecular complexity index is 431. The molecule has 1 saturated carbocycles. The molecule has 1 fully saturated rings. The lowest BCUT2D eigenvalue weighted by Gasteiger charge is -2.10. The average Bonchev–Trinajstić information content (AvgIpc) is 2.84. The molecular weight excluding hydrogens is 252 g/mol. The van der Waals surface area contributed by atoms with Crippen molar-refractivity contribution >= 4 is 17.3 Å². The summed E-state index contributed by atoms with van der Waals surface area (Å²) in [5, 5.41) is 14.6. The number of benzene rings is 1. The molecule has 0 saturated heterocycles. The number of hydrogen-bond donors (Lipinski definition) is 1. The number of rotatable bonds is 5. The van der Waals surface area contributed by atoms with Crippen LogP contribution in [0.25, 0.3) is 0 Å². The van der Waals surface area contributed by atoms with Crippen molar-refractivity contribution < 1.29 is 4.92 Å². The van der Waals surface area contributed by atoms with Crippen molar-refractivity contribution in [3.8, 4) is 0 Å². The first-order chi connectivity index (χ1) is 8.66. The van der Waals surface area contributed by atoms with Gasteiger partial charge in [-0.3, -0.25) is 10.1 Å². The van der Waals surface area contributed by atoms with Crippen molar-refractivity contribution in [2.24, 2.45) is 5.92 Å². The smallest absolute Gasteiger partial charge is 0.275 e. The maximum atomic E-state index is 10.9. The second-order valence-electron chi connectivity index (χ2n) is 4.81. The van der Waals surface area contributed by atoms with Crippen LogP contribution >= 0.6 is 11.6 Å². The van der Waals surface area contributed by atoms with E-state index in [1.807, 2.05) is 0 Å². The van der Waals surface area contributed by atoms with Crippen LogP contribution in [0.3, 0.4) is 0 Å². The van der Waals surface area contributed by atoms with Gasteiger partial charge in [0.15, 0.2) is 0 Å². The van der Waals surface area contributed by atoms with Crippen molar-refractivity contribution in [2.45, 2.75) is 32.2 Å². The van der Waals surface area contributed by atoms with Crippen LogP contribution in [0.2, 0.25) is 5.02 Å². The van der Waals surface area contributed by atoms with Gasteiger partial charge >= 0.3 is 0 Å². The molecule has 0 bridgehead atoms. The minimum absolute atomic E-state index is 0.0985. The van der Waals surface area contributed by atoms with Gasteiger partial charge in [0, 0.05) is 23.2 Å². The number of nitro benzene ring substituents is 1. The van der Waals surface area contributed by atoms with Crippen LogP contribution in [-0.2, 0) is 6.54 Å². The minimum atomic E-state index is -0.377. The van der Waals surface area contributed by atoms with E-state index in [0.29, 0.717) is 17.1 Å². The van der Waals surface area contributed by atoms with Crippen molar-refractivity contribution in [3.63, 3.8) is 0 Å². The van der Waals surface area contributed by atoms with E-state index in [2.05, 4.69) is 5.32 Å². The molecule has 1 aliphatic carbocycles. The predicted molar refractivity (Wildman–Crippen MR) is 71.8 cm³/mol. The largest absolute Gasteiger partial charge is 0.312 e. The second kappa shape index (κ2) is 6.16. The molecular formula is C13H17ClN2O2. The van der Waals surface area contributed by atoms with Gasteiger partial charge in [0.2, 0.25) is 0 Å². The zero-order valence-corrected chi connectivity index (χ0v) is 10.9. The predicted octanol–water partition coefficient (Wildman–Crippen LogP) is 3.53. The zero-order valence-electron chi connectivity index (χ0n) is 10.2. The van der Waals surface area contributed by atoms with Gasteiger partial charge in [0.25, 0.3) is 5.69 Å². The Hall–Kier alpha value is -1.13. The first-order valence-electron chi connectivity index (χ1n) is 6.30. The molecule has 1 aromatic rings. The Labute approximate surface area is 111 Å². The molecule has 0 heterocycles. The Morgan fingerprint density at radius 2 is 2.11 bits per heavy atom. The van der Waals surface area contributed by atoms with E-state index in [4.69, 9.17) is 11.6 Å². The van der Waals surface area contributed by atoms with Crippen LogP contribution in [0.15, 0.2) is 18.2 Å². The molecule has 1 aliphatic rings. The molecule has 1 N–H and O–H groups in total. The minimum Gasteiger partial charge on any atom is -0.312 e. The third kappa shape index (κ3) is 3.43. The van der Waals surface area contributed by atoms with Crippen molar-refractivity contribution in [1.29, 1.82) is 0 Å². The summed E-state index contributed by atoms with van der Waals surface area (Å²) in [7, 11) is 0. The standard InChI is InChI=1S/C13H17ClN2O2/c14-12-6-5-11(13(7-12)16(17)18)9-15-8-10-3-1-2-4-10/h5-7,10,15H,1-4,8-9H2. The Kier molecular flexibility index (Phi) is 4.55. The van der Waals surface area contributed by atoms with Crippen molar-refractivity contribution in [1.82, 2.24) is 5.32 Å². The highest BCUT2D eigenvalue weighted by molar-refractivity contribution is 6.30. The summed E-state index contributed by atoms with van der Waals surface area (Å²) in [6.45, 7) is 1.48. The van der Waals surface area contributed by atoms with Gasteiger partial charge in [0.1, 0.15) is 0 Å². The van der Waals surface area contributed by atoms with Gasteiger partial charge in [-0.15, -0.1) is 0 Å². The molecule has 18 heavy (non-hydrogen) atoms. The fraction of sp³-hybridized carbons (Fsp3) is 0.538. The summed E-state index contributed by atoms with van der Waals surface area (Å²) in [6.07, 6.45) is 5.17. The SMILES string of the molecule is O=[N+]([O-])c1cc(Cl)ccc1CNCC1CCCC1. The van der Waals surface area contributed by atoms with E-state index in [1.54, 1.807) is 12.1 Å². The topological polar surface area (TPSA) is 55.2 Å². The summed E-state index contributed by atoms with van der Waals surface area (Å²) in [5.41, 5.74) is 0.795. The number of nitrogens with one attached hydrogen (secondary N) is 1. The van der Waals surface area contributed by atoms with Crippen molar-refractivity contribution in [2.75, 3.05) is 6.54 Å². The third-order valence-corrected chi connectivity index (χ3v) is 3.70. The molecule has 0 aliphatic heterocycles. The first kappa shape index (κ1) is 13.3. The molecule has 0 atom stereocenters. The molecule has 5 heteroatoms. The molecule has 1 aromatic carbocycles. The average molecular weight is 269 g/mol. The molecule has 0 spiro atoms.